The zero-order chi connectivity index (χ0) is 17.9. The van der Waals surface area contributed by atoms with Crippen molar-refractivity contribution in [2.45, 2.75) is 26.4 Å². The molecule has 1 aromatic rings. The number of carbonyl (C=O) groups is 1. The van der Waals surface area contributed by atoms with Gasteiger partial charge in [0.05, 0.1) is 12.3 Å². The number of piperazine rings is 1. The fourth-order valence-electron chi connectivity index (χ4n) is 3.89. The van der Waals surface area contributed by atoms with Crippen LogP contribution in [0.2, 0.25) is 0 Å². The van der Waals surface area contributed by atoms with Crippen molar-refractivity contribution in [1.82, 2.24) is 4.90 Å². The summed E-state index contributed by atoms with van der Waals surface area (Å²) in [5, 5.41) is 0. The molecule has 3 rings (SSSR count). The van der Waals surface area contributed by atoms with E-state index < -0.39 is 7.26 Å². The Labute approximate surface area is 151 Å². The fourth-order valence-corrected chi connectivity index (χ4v) is 6.93. The van der Waals surface area contributed by atoms with Crippen LogP contribution in [0.1, 0.15) is 20.3 Å². The highest BCUT2D eigenvalue weighted by molar-refractivity contribution is 7.90. The summed E-state index contributed by atoms with van der Waals surface area (Å²) in [6, 6.07) is 8.13. The summed E-state index contributed by atoms with van der Waals surface area (Å²) in [5.41, 5.74) is 7.96. The summed E-state index contributed by atoms with van der Waals surface area (Å²) in [7, 11) is -1.48. The predicted molar refractivity (Wildman–Crippen MR) is 107 cm³/mol. The van der Waals surface area contributed by atoms with Gasteiger partial charge in [0.15, 0.2) is 0 Å². The van der Waals surface area contributed by atoms with E-state index in [2.05, 4.69) is 35.8 Å². The van der Waals surface area contributed by atoms with Gasteiger partial charge >= 0.3 is 5.71 Å². The molecule has 0 aliphatic carbocycles. The zero-order valence-electron chi connectivity index (χ0n) is 15.5. The molecule has 1 atom stereocenters. The lowest BCUT2D eigenvalue weighted by atomic mass is 10.2. The Kier molecular flexibility index (Phi) is 5.85. The number of hydrogen-bond acceptors (Lipinski definition) is 5. The average Bonchev–Trinajstić information content (AvgIpc) is 2.97. The second-order valence-electron chi connectivity index (χ2n) is 7.17. The lowest BCUT2D eigenvalue weighted by Gasteiger charge is -2.36. The number of anilines is 2. The number of benzene rings is 1. The predicted octanol–water partition coefficient (Wildman–Crippen LogP) is 3.36. The second kappa shape index (κ2) is 7.92. The Bertz CT molecular complexity index is 581. The van der Waals surface area contributed by atoms with Gasteiger partial charge in [-0.15, -0.1) is 0 Å². The summed E-state index contributed by atoms with van der Waals surface area (Å²) in [6.45, 7) is 9.53. The van der Waals surface area contributed by atoms with Gasteiger partial charge in [-0.3, -0.25) is 4.90 Å². The molecule has 2 fully saturated rings. The van der Waals surface area contributed by atoms with Crippen molar-refractivity contribution in [3.05, 3.63) is 24.3 Å². The molecule has 2 saturated heterocycles. The average molecular weight is 364 g/mol. The van der Waals surface area contributed by atoms with Crippen LogP contribution < -0.4 is 10.6 Å². The molecule has 2 N–H and O–H groups in total. The number of nitrogens with two attached hydrogens (primary N) is 1. The van der Waals surface area contributed by atoms with E-state index in [-0.39, 0.29) is 11.8 Å². The van der Waals surface area contributed by atoms with Crippen LogP contribution >= 0.6 is 7.26 Å². The van der Waals surface area contributed by atoms with E-state index in [1.165, 1.54) is 5.69 Å². The van der Waals surface area contributed by atoms with Gasteiger partial charge in [0, 0.05) is 50.5 Å². The van der Waals surface area contributed by atoms with Crippen LogP contribution in [0.3, 0.4) is 0 Å². The van der Waals surface area contributed by atoms with Crippen molar-refractivity contribution in [3.63, 3.8) is 0 Å². The van der Waals surface area contributed by atoms with Crippen molar-refractivity contribution < 1.29 is 9.53 Å². The van der Waals surface area contributed by atoms with Crippen LogP contribution in [0.4, 0.5) is 16.2 Å². The molecule has 2 aliphatic heterocycles. The highest BCUT2D eigenvalue weighted by Gasteiger charge is 2.54. The van der Waals surface area contributed by atoms with Crippen LogP contribution in [0.25, 0.3) is 0 Å². The first-order valence-corrected chi connectivity index (χ1v) is 11.8. The molecule has 2 aliphatic rings. The maximum absolute atomic E-state index is 12.2. The topological polar surface area (TPSA) is 58.8 Å². The minimum Gasteiger partial charge on any atom is -0.429 e. The van der Waals surface area contributed by atoms with Crippen molar-refractivity contribution >= 4 is 24.3 Å². The number of nitrogens with zero attached hydrogens (tertiary/aromatic N) is 2. The van der Waals surface area contributed by atoms with E-state index in [1.807, 2.05) is 12.1 Å². The molecule has 0 aromatic heterocycles. The van der Waals surface area contributed by atoms with E-state index in [9.17, 15) is 4.79 Å². The molecule has 0 spiro atoms. The first-order chi connectivity index (χ1) is 12.1. The first-order valence-electron chi connectivity index (χ1n) is 9.46. The summed E-state index contributed by atoms with van der Waals surface area (Å²) in [6.07, 6.45) is 4.13. The third kappa shape index (κ3) is 4.09. The first kappa shape index (κ1) is 18.5. The number of ether oxygens (including phenoxy) is 1. The molecule has 1 unspecified atom stereocenters. The van der Waals surface area contributed by atoms with Gasteiger partial charge in [0.1, 0.15) is 19.5 Å². The van der Waals surface area contributed by atoms with Gasteiger partial charge < -0.3 is 15.4 Å². The standard InChI is InChI=1S/C19H31N3O2P/c1-3-25(4-2)15-18(24-19(25)23)9-10-21-11-13-22(14-12-21)17-7-5-16(20)6-8-17/h5-8,18H,3-4,9-15,20H2,1-2H3/q+1. The van der Waals surface area contributed by atoms with E-state index in [1.54, 1.807) is 0 Å². The lowest BCUT2D eigenvalue weighted by molar-refractivity contribution is 0.126. The Morgan fingerprint density at radius 2 is 1.76 bits per heavy atom. The van der Waals surface area contributed by atoms with Crippen molar-refractivity contribution in [1.29, 1.82) is 0 Å². The fraction of sp³-hybridized carbons (Fsp3) is 0.632. The molecule has 138 valence electrons. The SMILES string of the molecule is CC[P+]1(CC)CC(CCN2CCN(c3ccc(N)cc3)CC2)OC1=O. The van der Waals surface area contributed by atoms with Crippen LogP contribution in [0.15, 0.2) is 24.3 Å². The molecule has 25 heavy (non-hydrogen) atoms. The van der Waals surface area contributed by atoms with E-state index in [4.69, 9.17) is 10.5 Å². The monoisotopic (exact) mass is 364 g/mol. The van der Waals surface area contributed by atoms with Crippen LogP contribution in [-0.2, 0) is 4.74 Å². The van der Waals surface area contributed by atoms with Gasteiger partial charge in [-0.05, 0) is 38.1 Å². The molecule has 1 aromatic carbocycles. The van der Waals surface area contributed by atoms with Gasteiger partial charge in [0.2, 0.25) is 0 Å². The molecule has 0 saturated carbocycles. The van der Waals surface area contributed by atoms with E-state index >= 15 is 0 Å². The van der Waals surface area contributed by atoms with Gasteiger partial charge in [0.25, 0.3) is 0 Å². The Morgan fingerprint density at radius 3 is 2.32 bits per heavy atom. The van der Waals surface area contributed by atoms with Gasteiger partial charge in [-0.25, -0.2) is 4.79 Å². The highest BCUT2D eigenvalue weighted by Crippen LogP contribution is 2.64. The Balaban J connectivity index is 1.44. The van der Waals surface area contributed by atoms with Crippen LogP contribution in [0, 0.1) is 0 Å². The largest absolute Gasteiger partial charge is 0.451 e. The minimum atomic E-state index is -1.48. The molecule has 6 heteroatoms. The maximum atomic E-state index is 12.2. The summed E-state index contributed by atoms with van der Waals surface area (Å²) in [4.78, 5) is 17.2. The van der Waals surface area contributed by atoms with Gasteiger partial charge in [-0.1, -0.05) is 0 Å². The Morgan fingerprint density at radius 1 is 1.12 bits per heavy atom. The van der Waals surface area contributed by atoms with Crippen molar-refractivity contribution in [2.75, 3.05) is 61.8 Å². The van der Waals surface area contributed by atoms with E-state index in [0.717, 1.165) is 63.3 Å². The smallest absolute Gasteiger partial charge is 0.429 e. The van der Waals surface area contributed by atoms with Gasteiger partial charge in [-0.2, -0.15) is 0 Å². The van der Waals surface area contributed by atoms with Crippen LogP contribution in [0.5, 0.6) is 0 Å². The number of carbonyl (C=O) groups excluding carboxylic acids is 1. The highest BCUT2D eigenvalue weighted by atomic mass is 31.2. The quantitative estimate of drug-likeness (QED) is 0.620. The maximum Gasteiger partial charge on any atom is 0.451 e. The number of hydrogen-bond donors (Lipinski definition) is 1. The molecule has 0 radical (unpaired) electrons. The van der Waals surface area contributed by atoms with Crippen molar-refractivity contribution in [2.24, 2.45) is 0 Å². The third-order valence-electron chi connectivity index (χ3n) is 5.82. The molecular formula is C19H31N3O2P+. The summed E-state index contributed by atoms with van der Waals surface area (Å²) >= 11 is 0. The lowest BCUT2D eigenvalue weighted by Crippen LogP contribution is -2.47. The summed E-state index contributed by atoms with van der Waals surface area (Å²) in [5.74, 6) is 0. The van der Waals surface area contributed by atoms with E-state index in [0.29, 0.717) is 0 Å². The number of nitrogen functional groups attached to an aromatic ring is 1. The minimum absolute atomic E-state index is 0.135. The molecule has 0 bridgehead atoms. The third-order valence-corrected chi connectivity index (χ3v) is 10.2. The number of rotatable bonds is 6. The van der Waals surface area contributed by atoms with Crippen molar-refractivity contribution in [3.8, 4) is 0 Å². The summed E-state index contributed by atoms with van der Waals surface area (Å²) < 4.78 is 5.71. The zero-order valence-corrected chi connectivity index (χ0v) is 16.4. The molecular weight excluding hydrogens is 333 g/mol. The second-order valence-corrected chi connectivity index (χ2v) is 11.5. The molecule has 0 amide bonds. The number of cyclic esters (lactones) is 1. The van der Waals surface area contributed by atoms with Crippen LogP contribution in [-0.4, -0.2) is 67.9 Å². The normalized spacial score (nSPS) is 23.7. The molecule has 5 nitrogen and oxygen atoms in total. The Hall–Kier alpha value is -1.32. The molecule has 2 heterocycles.